The molecule has 6 heteroatoms. The Morgan fingerprint density at radius 3 is 2.69 bits per heavy atom. The monoisotopic (exact) mass is 223 g/mol. The van der Waals surface area contributed by atoms with Gasteiger partial charge in [0.2, 0.25) is 15.4 Å². The van der Waals surface area contributed by atoms with Crippen LogP contribution in [-0.2, 0) is 22.1 Å². The Morgan fingerprint density at radius 2 is 2.23 bits per heavy atom. The number of aryl methyl sites for hydroxylation is 2. The molecule has 0 saturated carbocycles. The maximum Gasteiger partial charge on any atom is 0.243 e. The Balaban J connectivity index is 2.55. The summed E-state index contributed by atoms with van der Waals surface area (Å²) in [6, 6.07) is 0. The van der Waals surface area contributed by atoms with Gasteiger partial charge in [0.1, 0.15) is 24.7 Å². The third kappa shape index (κ3) is 3.78. The van der Waals surface area contributed by atoms with E-state index in [1.165, 1.54) is 0 Å². The fourth-order valence-electron chi connectivity index (χ4n) is 0.973. The summed E-state index contributed by atoms with van der Waals surface area (Å²) in [7, 11) is 1.70. The van der Waals surface area contributed by atoms with Crippen molar-refractivity contribution in [3.05, 3.63) is 18.7 Å². The molecule has 0 aliphatic heterocycles. The predicted molar refractivity (Wildman–Crippen MR) is 49.9 cm³/mol. The van der Waals surface area contributed by atoms with Crippen LogP contribution < -0.4 is 4.57 Å². The van der Waals surface area contributed by atoms with Crippen LogP contribution in [0.5, 0.6) is 0 Å². The first-order valence-electron chi connectivity index (χ1n) is 3.98. The van der Waals surface area contributed by atoms with Gasteiger partial charge >= 0.3 is 0 Å². The highest BCUT2D eigenvalue weighted by molar-refractivity contribution is 8.13. The van der Waals surface area contributed by atoms with Crippen molar-refractivity contribution in [1.29, 1.82) is 0 Å². The zero-order valence-electron chi connectivity index (χ0n) is 7.35. The minimum atomic E-state index is -3.38. The van der Waals surface area contributed by atoms with Crippen molar-refractivity contribution in [2.24, 2.45) is 0 Å². The van der Waals surface area contributed by atoms with Crippen molar-refractivity contribution in [2.75, 3.05) is 5.75 Å². The van der Waals surface area contributed by atoms with Gasteiger partial charge in [-0.3, -0.25) is 0 Å². The zero-order chi connectivity index (χ0) is 9.90. The molecule has 1 aromatic heterocycles. The van der Waals surface area contributed by atoms with Crippen LogP contribution in [0.1, 0.15) is 6.92 Å². The third-order valence-corrected chi connectivity index (χ3v) is 2.84. The third-order valence-electron chi connectivity index (χ3n) is 1.70. The minimum absolute atomic E-state index is 0.0348. The summed E-state index contributed by atoms with van der Waals surface area (Å²) in [5, 5.41) is 0. The molecule has 0 bridgehead atoms. The number of nitrogens with zero attached hydrogens (tertiary/aromatic N) is 2. The number of aromatic nitrogens is 2. The van der Waals surface area contributed by atoms with E-state index >= 15 is 0 Å². The van der Waals surface area contributed by atoms with Gasteiger partial charge in [0.25, 0.3) is 0 Å². The first-order chi connectivity index (χ1) is 6.01. The van der Waals surface area contributed by atoms with Crippen LogP contribution in [0.25, 0.3) is 0 Å². The van der Waals surface area contributed by atoms with Crippen LogP contribution in [0.2, 0.25) is 0 Å². The topological polar surface area (TPSA) is 43.0 Å². The second-order valence-electron chi connectivity index (χ2n) is 2.72. The number of hydrogen-bond donors (Lipinski definition) is 0. The molecule has 0 aliphatic rings. The lowest BCUT2D eigenvalue weighted by Crippen LogP contribution is -2.34. The van der Waals surface area contributed by atoms with Crippen LogP contribution >= 0.6 is 10.7 Å². The van der Waals surface area contributed by atoms with Gasteiger partial charge in [0, 0.05) is 10.7 Å². The molecule has 0 saturated heterocycles. The van der Waals surface area contributed by atoms with Crippen LogP contribution in [-0.4, -0.2) is 18.7 Å². The van der Waals surface area contributed by atoms with E-state index in [9.17, 15) is 8.42 Å². The van der Waals surface area contributed by atoms with Gasteiger partial charge in [-0.25, -0.2) is 17.6 Å². The Labute approximate surface area is 82.2 Å². The van der Waals surface area contributed by atoms with Crippen LogP contribution in [0.3, 0.4) is 0 Å². The molecule has 1 heterocycles. The largest absolute Gasteiger partial charge is 0.243 e. The van der Waals surface area contributed by atoms with Gasteiger partial charge in [-0.1, -0.05) is 0 Å². The first-order valence-corrected chi connectivity index (χ1v) is 6.46. The summed E-state index contributed by atoms with van der Waals surface area (Å²) in [5.74, 6) is -0.0348. The van der Waals surface area contributed by atoms with E-state index in [1.807, 2.05) is 30.2 Å². The average Bonchev–Trinajstić information content (AvgIpc) is 2.47. The molecule has 0 N–H and O–H groups in total. The highest BCUT2D eigenvalue weighted by Crippen LogP contribution is 1.94. The molecule has 4 nitrogen and oxygen atoms in total. The van der Waals surface area contributed by atoms with Gasteiger partial charge in [0.05, 0.1) is 6.54 Å². The maximum atomic E-state index is 10.6. The SMILES string of the molecule is CCn1cc[n+](CCS(=O)(=O)Cl)c1. The molecule has 0 amide bonds. The van der Waals surface area contributed by atoms with E-state index in [2.05, 4.69) is 0 Å². The van der Waals surface area contributed by atoms with Crippen molar-refractivity contribution in [3.8, 4) is 0 Å². The van der Waals surface area contributed by atoms with Crippen molar-refractivity contribution in [3.63, 3.8) is 0 Å². The molecule has 0 aromatic carbocycles. The van der Waals surface area contributed by atoms with E-state index in [1.54, 1.807) is 4.57 Å². The molecule has 0 atom stereocenters. The number of imidazole rings is 1. The highest BCUT2D eigenvalue weighted by atomic mass is 35.7. The molecule has 1 rings (SSSR count). The standard InChI is InChI=1S/C7H12ClN2O2S/c1-2-9-3-4-10(7-9)5-6-13(8,11)12/h3-4,7H,2,5-6H2,1H3/q+1. The van der Waals surface area contributed by atoms with Crippen molar-refractivity contribution < 1.29 is 13.0 Å². The van der Waals surface area contributed by atoms with Gasteiger partial charge in [-0.05, 0) is 6.92 Å². The summed E-state index contributed by atoms with van der Waals surface area (Å²) in [5.41, 5.74) is 0. The lowest BCUT2D eigenvalue weighted by molar-refractivity contribution is -0.692. The summed E-state index contributed by atoms with van der Waals surface area (Å²) in [6.45, 7) is 3.29. The van der Waals surface area contributed by atoms with E-state index < -0.39 is 9.05 Å². The van der Waals surface area contributed by atoms with Gasteiger partial charge in [0.15, 0.2) is 0 Å². The predicted octanol–water partition coefficient (Wildman–Crippen LogP) is 0.364. The molecule has 0 aliphatic carbocycles. The Morgan fingerprint density at radius 1 is 1.54 bits per heavy atom. The van der Waals surface area contributed by atoms with Crippen LogP contribution in [0.4, 0.5) is 0 Å². The molecular weight excluding hydrogens is 212 g/mol. The fraction of sp³-hybridized carbons (Fsp3) is 0.571. The Bertz CT molecular complexity index is 372. The fourth-order valence-corrected chi connectivity index (χ4v) is 1.61. The average molecular weight is 224 g/mol. The lowest BCUT2D eigenvalue weighted by atomic mass is 10.7. The summed E-state index contributed by atoms with van der Waals surface area (Å²) >= 11 is 0. The molecule has 0 spiro atoms. The molecule has 74 valence electrons. The molecule has 13 heavy (non-hydrogen) atoms. The Hall–Kier alpha value is -0.550. The summed E-state index contributed by atoms with van der Waals surface area (Å²) in [6.07, 6.45) is 5.56. The quantitative estimate of drug-likeness (QED) is 0.547. The van der Waals surface area contributed by atoms with E-state index in [4.69, 9.17) is 10.7 Å². The second kappa shape index (κ2) is 4.11. The van der Waals surface area contributed by atoms with E-state index in [-0.39, 0.29) is 5.75 Å². The summed E-state index contributed by atoms with van der Waals surface area (Å²) in [4.78, 5) is 0. The van der Waals surface area contributed by atoms with Crippen molar-refractivity contribution in [2.45, 2.75) is 20.0 Å². The number of rotatable bonds is 4. The molecular formula is C7H12ClN2O2S+. The van der Waals surface area contributed by atoms with E-state index in [0.717, 1.165) is 6.54 Å². The number of hydrogen-bond acceptors (Lipinski definition) is 2. The van der Waals surface area contributed by atoms with Gasteiger partial charge in [-0.15, -0.1) is 0 Å². The molecule has 0 radical (unpaired) electrons. The highest BCUT2D eigenvalue weighted by Gasteiger charge is 2.08. The lowest BCUT2D eigenvalue weighted by Gasteiger charge is -1.92. The van der Waals surface area contributed by atoms with Gasteiger partial charge < -0.3 is 0 Å². The molecule has 0 fully saturated rings. The van der Waals surface area contributed by atoms with Crippen LogP contribution in [0.15, 0.2) is 18.7 Å². The molecule has 0 unspecified atom stereocenters. The first kappa shape index (κ1) is 10.5. The minimum Gasteiger partial charge on any atom is -0.237 e. The second-order valence-corrected chi connectivity index (χ2v) is 5.62. The van der Waals surface area contributed by atoms with E-state index in [0.29, 0.717) is 6.54 Å². The Kier molecular flexibility index (Phi) is 3.33. The van der Waals surface area contributed by atoms with Crippen molar-refractivity contribution in [1.82, 2.24) is 4.57 Å². The van der Waals surface area contributed by atoms with Crippen LogP contribution in [0, 0.1) is 0 Å². The normalized spacial score (nSPS) is 11.8. The van der Waals surface area contributed by atoms with Gasteiger partial charge in [-0.2, -0.15) is 0 Å². The zero-order valence-corrected chi connectivity index (χ0v) is 8.92. The molecule has 1 aromatic rings. The summed E-state index contributed by atoms with van der Waals surface area (Å²) < 4.78 is 25.0. The smallest absolute Gasteiger partial charge is 0.237 e. The maximum absolute atomic E-state index is 10.6. The number of halogens is 1. The van der Waals surface area contributed by atoms with Crippen molar-refractivity contribution >= 4 is 19.7 Å².